The van der Waals surface area contributed by atoms with Crippen molar-refractivity contribution in [2.75, 3.05) is 7.11 Å². The van der Waals surface area contributed by atoms with Crippen LogP contribution in [0.1, 0.15) is 32.8 Å². The van der Waals surface area contributed by atoms with Gasteiger partial charge >= 0.3 is 0 Å². The van der Waals surface area contributed by atoms with Gasteiger partial charge in [0.15, 0.2) is 0 Å². The molecule has 0 aliphatic heterocycles. The van der Waals surface area contributed by atoms with Crippen LogP contribution in [-0.4, -0.2) is 11.9 Å². The molecule has 0 fully saturated rings. The van der Waals surface area contributed by atoms with Gasteiger partial charge in [0.2, 0.25) is 0 Å². The number of hydrogen-bond donors (Lipinski definition) is 0. The number of benzene rings is 1. The standard InChI is InChI=1S/C14H21BrO/c1-14(2,3)13(15)9-8-11-6-5-7-12(10-11)16-4/h5-7,10,13H,8-9H2,1-4H3. The highest BCUT2D eigenvalue weighted by atomic mass is 79.9. The molecule has 1 nitrogen and oxygen atoms in total. The van der Waals surface area contributed by atoms with E-state index >= 15 is 0 Å². The van der Waals surface area contributed by atoms with Gasteiger partial charge in [0.1, 0.15) is 5.75 Å². The SMILES string of the molecule is COc1cccc(CCC(Br)C(C)(C)C)c1. The first kappa shape index (κ1) is 13.6. The third-order valence-corrected chi connectivity index (χ3v) is 4.59. The van der Waals surface area contributed by atoms with Crippen LogP contribution in [0.2, 0.25) is 0 Å². The van der Waals surface area contributed by atoms with Gasteiger partial charge in [0.05, 0.1) is 7.11 Å². The minimum atomic E-state index is 0.318. The lowest BCUT2D eigenvalue weighted by Crippen LogP contribution is -2.20. The molecule has 2 heteroatoms. The van der Waals surface area contributed by atoms with Gasteiger partial charge in [-0.25, -0.2) is 0 Å². The van der Waals surface area contributed by atoms with Crippen molar-refractivity contribution < 1.29 is 4.74 Å². The van der Waals surface area contributed by atoms with Crippen LogP contribution in [-0.2, 0) is 6.42 Å². The quantitative estimate of drug-likeness (QED) is 0.743. The van der Waals surface area contributed by atoms with Crippen molar-refractivity contribution in [2.24, 2.45) is 5.41 Å². The minimum absolute atomic E-state index is 0.318. The van der Waals surface area contributed by atoms with E-state index in [0.717, 1.165) is 18.6 Å². The predicted octanol–water partition coefficient (Wildman–Crippen LogP) is 4.44. The Balaban J connectivity index is 2.54. The van der Waals surface area contributed by atoms with E-state index < -0.39 is 0 Å². The number of methoxy groups -OCH3 is 1. The largest absolute Gasteiger partial charge is 0.497 e. The topological polar surface area (TPSA) is 9.23 Å². The van der Waals surface area contributed by atoms with Crippen molar-refractivity contribution >= 4 is 15.9 Å². The molecule has 0 aliphatic rings. The molecule has 1 atom stereocenters. The first-order chi connectivity index (χ1) is 7.43. The van der Waals surface area contributed by atoms with Crippen molar-refractivity contribution in [3.63, 3.8) is 0 Å². The van der Waals surface area contributed by atoms with Gasteiger partial charge in [-0.05, 0) is 36.0 Å². The molecular weight excluding hydrogens is 264 g/mol. The van der Waals surface area contributed by atoms with Gasteiger partial charge in [-0.15, -0.1) is 0 Å². The number of aryl methyl sites for hydroxylation is 1. The molecule has 0 N–H and O–H groups in total. The molecule has 0 heterocycles. The molecule has 90 valence electrons. The first-order valence-electron chi connectivity index (χ1n) is 5.70. The smallest absolute Gasteiger partial charge is 0.119 e. The van der Waals surface area contributed by atoms with Crippen LogP contribution in [0.25, 0.3) is 0 Å². The highest BCUT2D eigenvalue weighted by Crippen LogP contribution is 2.29. The van der Waals surface area contributed by atoms with Crippen molar-refractivity contribution in [3.8, 4) is 5.75 Å². The third kappa shape index (κ3) is 4.17. The molecule has 1 aromatic rings. The summed E-state index contributed by atoms with van der Waals surface area (Å²) in [5, 5.41) is 0. The summed E-state index contributed by atoms with van der Waals surface area (Å²) in [6.07, 6.45) is 2.24. The lowest BCUT2D eigenvalue weighted by molar-refractivity contribution is 0.385. The third-order valence-electron chi connectivity index (χ3n) is 2.76. The Morgan fingerprint density at radius 1 is 1.31 bits per heavy atom. The molecular formula is C14H21BrO. The van der Waals surface area contributed by atoms with Crippen LogP contribution in [0.4, 0.5) is 0 Å². The van der Waals surface area contributed by atoms with Gasteiger partial charge in [-0.1, -0.05) is 48.8 Å². The van der Waals surface area contributed by atoms with Gasteiger partial charge in [-0.2, -0.15) is 0 Å². The highest BCUT2D eigenvalue weighted by molar-refractivity contribution is 9.09. The van der Waals surface area contributed by atoms with E-state index in [1.54, 1.807) is 7.11 Å². The van der Waals surface area contributed by atoms with E-state index in [-0.39, 0.29) is 0 Å². The zero-order valence-electron chi connectivity index (χ0n) is 10.6. The molecule has 0 aromatic heterocycles. The Morgan fingerprint density at radius 3 is 2.56 bits per heavy atom. The maximum atomic E-state index is 5.22. The van der Waals surface area contributed by atoms with Crippen LogP contribution in [0, 0.1) is 5.41 Å². The Hall–Kier alpha value is -0.500. The van der Waals surface area contributed by atoms with Crippen molar-refractivity contribution in [1.29, 1.82) is 0 Å². The maximum Gasteiger partial charge on any atom is 0.119 e. The zero-order chi connectivity index (χ0) is 12.2. The summed E-state index contributed by atoms with van der Waals surface area (Å²) in [6, 6.07) is 8.31. The summed E-state index contributed by atoms with van der Waals surface area (Å²) in [4.78, 5) is 0.547. The van der Waals surface area contributed by atoms with Crippen LogP contribution >= 0.6 is 15.9 Å². The normalized spacial score (nSPS) is 13.6. The molecule has 0 saturated heterocycles. The monoisotopic (exact) mass is 284 g/mol. The second-order valence-corrected chi connectivity index (χ2v) is 6.33. The lowest BCUT2D eigenvalue weighted by atomic mass is 9.89. The summed E-state index contributed by atoms with van der Waals surface area (Å²) >= 11 is 3.76. The Morgan fingerprint density at radius 2 is 2.00 bits per heavy atom. The summed E-state index contributed by atoms with van der Waals surface area (Å²) < 4.78 is 5.22. The fourth-order valence-electron chi connectivity index (χ4n) is 1.55. The van der Waals surface area contributed by atoms with Gasteiger partial charge in [-0.3, -0.25) is 0 Å². The fourth-order valence-corrected chi connectivity index (χ4v) is 1.78. The van der Waals surface area contributed by atoms with Crippen molar-refractivity contribution in [2.45, 2.75) is 38.4 Å². The zero-order valence-corrected chi connectivity index (χ0v) is 12.2. The van der Waals surface area contributed by atoms with Crippen LogP contribution in [0.3, 0.4) is 0 Å². The Bertz CT molecular complexity index is 328. The van der Waals surface area contributed by atoms with E-state index in [4.69, 9.17) is 4.74 Å². The summed E-state index contributed by atoms with van der Waals surface area (Å²) in [5.41, 5.74) is 1.66. The number of ether oxygens (including phenoxy) is 1. The van der Waals surface area contributed by atoms with E-state index in [0.29, 0.717) is 10.2 Å². The second-order valence-electron chi connectivity index (χ2n) is 5.22. The molecule has 0 amide bonds. The van der Waals surface area contributed by atoms with Gasteiger partial charge < -0.3 is 4.74 Å². The van der Waals surface area contributed by atoms with E-state index in [2.05, 4.69) is 54.9 Å². The van der Waals surface area contributed by atoms with Crippen molar-refractivity contribution in [3.05, 3.63) is 29.8 Å². The predicted molar refractivity (Wildman–Crippen MR) is 73.5 cm³/mol. The van der Waals surface area contributed by atoms with Crippen LogP contribution in [0.5, 0.6) is 5.75 Å². The molecule has 0 saturated carbocycles. The second kappa shape index (κ2) is 5.72. The summed E-state index contributed by atoms with van der Waals surface area (Å²) in [6.45, 7) is 6.79. The van der Waals surface area contributed by atoms with Crippen molar-refractivity contribution in [1.82, 2.24) is 0 Å². The number of hydrogen-bond acceptors (Lipinski definition) is 1. The average Bonchev–Trinajstić information content (AvgIpc) is 2.25. The maximum absolute atomic E-state index is 5.22. The number of rotatable bonds is 4. The molecule has 0 bridgehead atoms. The summed E-state index contributed by atoms with van der Waals surface area (Å²) in [5.74, 6) is 0.944. The molecule has 1 unspecified atom stereocenters. The Kier molecular flexibility index (Phi) is 4.85. The molecule has 0 spiro atoms. The highest BCUT2D eigenvalue weighted by Gasteiger charge is 2.21. The number of alkyl halides is 1. The van der Waals surface area contributed by atoms with E-state index in [1.165, 1.54) is 5.56 Å². The fraction of sp³-hybridized carbons (Fsp3) is 0.571. The lowest BCUT2D eigenvalue weighted by Gasteiger charge is -2.25. The first-order valence-corrected chi connectivity index (χ1v) is 6.62. The minimum Gasteiger partial charge on any atom is -0.497 e. The van der Waals surface area contributed by atoms with E-state index in [1.807, 2.05) is 6.07 Å². The number of halogens is 1. The van der Waals surface area contributed by atoms with Crippen LogP contribution in [0.15, 0.2) is 24.3 Å². The van der Waals surface area contributed by atoms with Gasteiger partial charge in [0.25, 0.3) is 0 Å². The van der Waals surface area contributed by atoms with Crippen LogP contribution < -0.4 is 4.74 Å². The average molecular weight is 285 g/mol. The molecule has 16 heavy (non-hydrogen) atoms. The Labute approximate surface area is 107 Å². The summed E-state index contributed by atoms with van der Waals surface area (Å²) in [7, 11) is 1.71. The van der Waals surface area contributed by atoms with E-state index in [9.17, 15) is 0 Å². The molecule has 0 radical (unpaired) electrons. The molecule has 1 rings (SSSR count). The molecule has 1 aromatic carbocycles. The molecule has 0 aliphatic carbocycles. The van der Waals surface area contributed by atoms with Gasteiger partial charge in [0, 0.05) is 4.83 Å².